The summed E-state index contributed by atoms with van der Waals surface area (Å²) in [7, 11) is -4.25. The number of amides is 2. The highest BCUT2D eigenvalue weighted by molar-refractivity contribution is 7.92. The first-order valence-electron chi connectivity index (χ1n) is 13.5. The third kappa shape index (κ3) is 7.55. The Morgan fingerprint density at radius 1 is 0.927 bits per heavy atom. The molecule has 0 bridgehead atoms. The number of nitrogens with zero attached hydrogens (tertiary/aromatic N) is 2. The van der Waals surface area contributed by atoms with Gasteiger partial charge in [-0.05, 0) is 61.2 Å². The van der Waals surface area contributed by atoms with Crippen molar-refractivity contribution in [2.75, 3.05) is 10.8 Å². The zero-order valence-corrected chi connectivity index (χ0v) is 25.7. The predicted molar refractivity (Wildman–Crippen MR) is 164 cm³/mol. The van der Waals surface area contributed by atoms with Crippen LogP contribution in [0, 0.1) is 0 Å². The normalized spacial score (nSPS) is 14.4. The quantitative estimate of drug-likeness (QED) is 0.254. The minimum Gasteiger partial charge on any atom is -0.352 e. The highest BCUT2D eigenvalue weighted by Crippen LogP contribution is 2.35. The maximum atomic E-state index is 14.2. The van der Waals surface area contributed by atoms with E-state index in [1.165, 1.54) is 29.2 Å². The number of benzene rings is 3. The first-order valence-corrected chi connectivity index (χ1v) is 16.0. The van der Waals surface area contributed by atoms with Gasteiger partial charge >= 0.3 is 0 Å². The summed E-state index contributed by atoms with van der Waals surface area (Å²) in [5.41, 5.74) is 0.805. The third-order valence-corrected chi connectivity index (χ3v) is 10.00. The van der Waals surface area contributed by atoms with Gasteiger partial charge in [0.2, 0.25) is 11.8 Å². The van der Waals surface area contributed by atoms with Crippen molar-refractivity contribution >= 4 is 62.3 Å². The zero-order chi connectivity index (χ0) is 29.6. The number of halogens is 3. The van der Waals surface area contributed by atoms with Crippen LogP contribution in [0.25, 0.3) is 0 Å². The third-order valence-electron chi connectivity index (χ3n) is 7.16. The van der Waals surface area contributed by atoms with Crippen LogP contribution in [0.2, 0.25) is 15.1 Å². The molecule has 0 heterocycles. The minimum atomic E-state index is -4.25. The molecule has 41 heavy (non-hydrogen) atoms. The van der Waals surface area contributed by atoms with Gasteiger partial charge in [-0.1, -0.05) is 91.0 Å². The molecule has 1 fully saturated rings. The van der Waals surface area contributed by atoms with Gasteiger partial charge in [-0.25, -0.2) is 8.42 Å². The number of carbonyl (C=O) groups is 2. The van der Waals surface area contributed by atoms with Crippen LogP contribution in [0.4, 0.5) is 5.69 Å². The molecule has 3 aromatic carbocycles. The maximum absolute atomic E-state index is 14.2. The Balaban J connectivity index is 1.73. The molecule has 0 spiro atoms. The lowest BCUT2D eigenvalue weighted by molar-refractivity contribution is -0.140. The van der Waals surface area contributed by atoms with E-state index in [-0.39, 0.29) is 39.1 Å². The Morgan fingerprint density at radius 2 is 1.59 bits per heavy atom. The van der Waals surface area contributed by atoms with Gasteiger partial charge in [0.15, 0.2) is 0 Å². The van der Waals surface area contributed by atoms with Crippen molar-refractivity contribution in [1.29, 1.82) is 0 Å². The highest BCUT2D eigenvalue weighted by atomic mass is 35.5. The average Bonchev–Trinajstić information content (AvgIpc) is 3.47. The van der Waals surface area contributed by atoms with Crippen molar-refractivity contribution in [1.82, 2.24) is 10.2 Å². The van der Waals surface area contributed by atoms with Crippen molar-refractivity contribution in [3.8, 4) is 0 Å². The van der Waals surface area contributed by atoms with Gasteiger partial charge in [0.05, 0.1) is 20.6 Å². The molecule has 1 N–H and O–H groups in total. The van der Waals surface area contributed by atoms with Crippen LogP contribution in [0.5, 0.6) is 0 Å². The average molecular weight is 637 g/mol. The fourth-order valence-corrected chi connectivity index (χ4v) is 7.01. The van der Waals surface area contributed by atoms with E-state index in [0.717, 1.165) is 35.6 Å². The lowest BCUT2D eigenvalue weighted by atomic mass is 10.1. The van der Waals surface area contributed by atoms with E-state index in [2.05, 4.69) is 5.32 Å². The number of hydrogen-bond acceptors (Lipinski definition) is 4. The van der Waals surface area contributed by atoms with Crippen LogP contribution in [0.3, 0.4) is 0 Å². The number of hydrogen-bond donors (Lipinski definition) is 1. The van der Waals surface area contributed by atoms with Gasteiger partial charge < -0.3 is 10.2 Å². The Labute approximate surface area is 256 Å². The largest absolute Gasteiger partial charge is 0.352 e. The van der Waals surface area contributed by atoms with Gasteiger partial charge in [0, 0.05) is 17.6 Å². The Bertz CT molecular complexity index is 1460. The summed E-state index contributed by atoms with van der Waals surface area (Å²) in [6.07, 6.45) is 4.21. The summed E-state index contributed by atoms with van der Waals surface area (Å²) >= 11 is 18.8. The summed E-state index contributed by atoms with van der Waals surface area (Å²) in [5, 5.41) is 3.77. The van der Waals surface area contributed by atoms with Gasteiger partial charge in [-0.3, -0.25) is 13.9 Å². The SMILES string of the molecule is CC[C@@H](C(=O)NC1CCCC1)N(Cc1ccc(Cl)cc1)C(=O)CN(c1cccc(Cl)c1Cl)S(=O)(=O)c1ccccc1. The van der Waals surface area contributed by atoms with E-state index in [0.29, 0.717) is 11.4 Å². The Morgan fingerprint density at radius 3 is 2.22 bits per heavy atom. The van der Waals surface area contributed by atoms with Crippen LogP contribution < -0.4 is 9.62 Å². The second-order valence-electron chi connectivity index (χ2n) is 9.96. The number of anilines is 1. The second-order valence-corrected chi connectivity index (χ2v) is 13.0. The lowest BCUT2D eigenvalue weighted by Crippen LogP contribution is -2.53. The highest BCUT2D eigenvalue weighted by Gasteiger charge is 2.35. The van der Waals surface area contributed by atoms with Crippen LogP contribution in [0.15, 0.2) is 77.7 Å². The fraction of sp³-hybridized carbons (Fsp3) is 0.333. The van der Waals surface area contributed by atoms with Crippen LogP contribution in [-0.2, 0) is 26.2 Å². The second kappa shape index (κ2) is 13.9. The Kier molecular flexibility index (Phi) is 10.6. The minimum absolute atomic E-state index is 0.00302. The summed E-state index contributed by atoms with van der Waals surface area (Å²) in [4.78, 5) is 29.1. The molecule has 3 aromatic rings. The molecule has 0 aromatic heterocycles. The summed E-state index contributed by atoms with van der Waals surface area (Å²) in [5.74, 6) is -0.830. The summed E-state index contributed by atoms with van der Waals surface area (Å²) in [6.45, 7) is 1.31. The van der Waals surface area contributed by atoms with E-state index in [1.807, 2.05) is 6.92 Å². The zero-order valence-electron chi connectivity index (χ0n) is 22.6. The van der Waals surface area contributed by atoms with Gasteiger partial charge in [-0.15, -0.1) is 0 Å². The topological polar surface area (TPSA) is 86.8 Å². The van der Waals surface area contributed by atoms with Gasteiger partial charge in [0.25, 0.3) is 10.0 Å². The monoisotopic (exact) mass is 635 g/mol. The smallest absolute Gasteiger partial charge is 0.264 e. The van der Waals surface area contributed by atoms with E-state index < -0.39 is 28.5 Å². The van der Waals surface area contributed by atoms with Gasteiger partial charge in [-0.2, -0.15) is 0 Å². The molecule has 0 unspecified atom stereocenters. The molecule has 7 nitrogen and oxygen atoms in total. The first kappa shape index (κ1) is 31.2. The molecular weight excluding hydrogens is 605 g/mol. The molecule has 1 saturated carbocycles. The van der Waals surface area contributed by atoms with E-state index in [9.17, 15) is 18.0 Å². The number of nitrogens with one attached hydrogen (secondary N) is 1. The van der Waals surface area contributed by atoms with Crippen LogP contribution >= 0.6 is 34.8 Å². The molecule has 2 amide bonds. The van der Waals surface area contributed by atoms with E-state index in [4.69, 9.17) is 34.8 Å². The van der Waals surface area contributed by atoms with Crippen molar-refractivity contribution in [2.45, 2.75) is 62.6 Å². The predicted octanol–water partition coefficient (Wildman–Crippen LogP) is 6.71. The molecule has 1 aliphatic rings. The number of rotatable bonds is 11. The molecule has 11 heteroatoms. The van der Waals surface area contributed by atoms with E-state index in [1.54, 1.807) is 48.5 Å². The molecular formula is C30H32Cl3N3O4S. The molecule has 0 radical (unpaired) electrons. The fourth-order valence-electron chi connectivity index (χ4n) is 4.99. The first-order chi connectivity index (χ1) is 19.6. The standard InChI is InChI=1S/C30H32Cl3N3O4S/c1-2-26(30(38)34-23-9-6-7-10-23)35(19-21-15-17-22(31)18-16-21)28(37)20-36(27-14-8-13-25(32)29(27)33)41(39,40)24-11-4-3-5-12-24/h3-5,8,11-18,23,26H,2,6-7,9-10,19-20H2,1H3,(H,34,38)/t26-/m0/s1. The van der Waals surface area contributed by atoms with E-state index >= 15 is 0 Å². The number of carbonyl (C=O) groups excluding carboxylic acids is 2. The maximum Gasteiger partial charge on any atom is 0.264 e. The Hall–Kier alpha value is -2.78. The molecule has 0 saturated heterocycles. The van der Waals surface area contributed by atoms with Crippen molar-refractivity contribution in [3.63, 3.8) is 0 Å². The lowest BCUT2D eigenvalue weighted by Gasteiger charge is -2.34. The molecule has 0 aliphatic heterocycles. The number of sulfonamides is 1. The molecule has 1 aliphatic carbocycles. The van der Waals surface area contributed by atoms with Gasteiger partial charge in [0.1, 0.15) is 12.6 Å². The summed E-state index contributed by atoms with van der Waals surface area (Å²) in [6, 6.07) is 18.6. The van der Waals surface area contributed by atoms with Crippen LogP contribution in [0.1, 0.15) is 44.6 Å². The molecule has 1 atom stereocenters. The van der Waals surface area contributed by atoms with Crippen LogP contribution in [-0.4, -0.2) is 43.8 Å². The van der Waals surface area contributed by atoms with Crippen molar-refractivity contribution < 1.29 is 18.0 Å². The van der Waals surface area contributed by atoms with Crippen molar-refractivity contribution in [2.24, 2.45) is 0 Å². The molecule has 218 valence electrons. The summed E-state index contributed by atoms with van der Waals surface area (Å²) < 4.78 is 28.8. The molecule has 4 rings (SSSR count). The van der Waals surface area contributed by atoms with Crippen molar-refractivity contribution in [3.05, 3.63) is 93.4 Å².